The summed E-state index contributed by atoms with van der Waals surface area (Å²) in [5.41, 5.74) is 4.63. The van der Waals surface area contributed by atoms with Crippen molar-refractivity contribution in [3.05, 3.63) is 75.1 Å². The third-order valence-electron chi connectivity index (χ3n) is 6.20. The van der Waals surface area contributed by atoms with Crippen LogP contribution in [0.25, 0.3) is 21.9 Å². The largest absolute Gasteiger partial charge is 0.461 e. The highest BCUT2D eigenvalue weighted by atomic mass is 16.4. The van der Waals surface area contributed by atoms with Crippen LogP contribution in [0.1, 0.15) is 47.3 Å². The van der Waals surface area contributed by atoms with E-state index >= 15 is 0 Å². The van der Waals surface area contributed by atoms with Crippen LogP contribution in [0, 0.1) is 6.92 Å². The number of benzene rings is 1. The van der Waals surface area contributed by atoms with Crippen molar-refractivity contribution in [2.75, 3.05) is 0 Å². The van der Waals surface area contributed by atoms with Gasteiger partial charge in [0.25, 0.3) is 0 Å². The van der Waals surface area contributed by atoms with Crippen molar-refractivity contribution in [1.82, 2.24) is 10.3 Å². The number of hydrogen-bond acceptors (Lipinski definition) is 5. The van der Waals surface area contributed by atoms with Gasteiger partial charge in [-0.05, 0) is 61.9 Å². The predicted octanol–water partition coefficient (Wildman–Crippen LogP) is 4.37. The molecule has 4 aromatic rings. The summed E-state index contributed by atoms with van der Waals surface area (Å²) < 4.78 is 11.7. The van der Waals surface area contributed by atoms with Crippen LogP contribution in [0.5, 0.6) is 0 Å². The Bertz CT molecular complexity index is 1330. The second kappa shape index (κ2) is 8.02. The predicted molar refractivity (Wildman–Crippen MR) is 118 cm³/mol. The van der Waals surface area contributed by atoms with Gasteiger partial charge in [-0.1, -0.05) is 0 Å². The summed E-state index contributed by atoms with van der Waals surface area (Å²) >= 11 is 0. The minimum atomic E-state index is -0.386. The number of aromatic nitrogens is 1. The first-order valence-electron chi connectivity index (χ1n) is 10.8. The minimum Gasteiger partial charge on any atom is -0.461 e. The molecule has 1 aliphatic carbocycles. The van der Waals surface area contributed by atoms with Crippen molar-refractivity contribution in [1.29, 1.82) is 0 Å². The Labute approximate surface area is 179 Å². The van der Waals surface area contributed by atoms with Crippen LogP contribution < -0.4 is 10.9 Å². The smallest absolute Gasteiger partial charge is 0.339 e. The van der Waals surface area contributed by atoms with Crippen LogP contribution in [0.15, 0.2) is 50.3 Å². The van der Waals surface area contributed by atoms with Gasteiger partial charge in [0.05, 0.1) is 0 Å². The lowest BCUT2D eigenvalue weighted by Crippen LogP contribution is -2.24. The first-order chi connectivity index (χ1) is 15.1. The fourth-order valence-electron chi connectivity index (χ4n) is 4.46. The number of carbonyl (C=O) groups is 1. The molecule has 0 radical (unpaired) electrons. The SMILES string of the molecule is Cc1c(CCC(=O)NCc2ccncc2)c(=O)oc2cc3oc4c(c3cc12)CCCC4. The van der Waals surface area contributed by atoms with E-state index in [2.05, 4.69) is 16.4 Å². The van der Waals surface area contributed by atoms with E-state index in [1.807, 2.05) is 25.1 Å². The van der Waals surface area contributed by atoms with Gasteiger partial charge in [0.2, 0.25) is 5.91 Å². The molecule has 1 aliphatic rings. The number of hydrogen-bond donors (Lipinski definition) is 1. The highest BCUT2D eigenvalue weighted by Gasteiger charge is 2.20. The molecule has 0 fully saturated rings. The molecule has 1 N–H and O–H groups in total. The second-order valence-corrected chi connectivity index (χ2v) is 8.18. The van der Waals surface area contributed by atoms with Crippen LogP contribution >= 0.6 is 0 Å². The van der Waals surface area contributed by atoms with Crippen LogP contribution in [-0.4, -0.2) is 10.9 Å². The maximum Gasteiger partial charge on any atom is 0.339 e. The maximum absolute atomic E-state index is 12.6. The van der Waals surface area contributed by atoms with Gasteiger partial charge in [-0.25, -0.2) is 4.79 Å². The average molecular weight is 416 g/mol. The summed E-state index contributed by atoms with van der Waals surface area (Å²) in [7, 11) is 0. The van der Waals surface area contributed by atoms with Gasteiger partial charge in [0.1, 0.15) is 16.9 Å². The average Bonchev–Trinajstić information content (AvgIpc) is 3.14. The topological polar surface area (TPSA) is 85.3 Å². The molecule has 3 heterocycles. The van der Waals surface area contributed by atoms with Gasteiger partial charge >= 0.3 is 5.63 Å². The molecular formula is C25H24N2O4. The number of furan rings is 1. The van der Waals surface area contributed by atoms with E-state index in [4.69, 9.17) is 8.83 Å². The second-order valence-electron chi connectivity index (χ2n) is 8.18. The van der Waals surface area contributed by atoms with Crippen LogP contribution in [0.4, 0.5) is 0 Å². The third-order valence-corrected chi connectivity index (χ3v) is 6.20. The number of rotatable bonds is 5. The number of nitrogens with zero attached hydrogens (tertiary/aromatic N) is 1. The Balaban J connectivity index is 1.40. The zero-order chi connectivity index (χ0) is 21.4. The van der Waals surface area contributed by atoms with Gasteiger partial charge in [0, 0.05) is 59.7 Å². The molecule has 0 bridgehead atoms. The normalized spacial score (nSPS) is 13.5. The van der Waals surface area contributed by atoms with E-state index in [-0.39, 0.29) is 18.0 Å². The van der Waals surface area contributed by atoms with E-state index in [9.17, 15) is 9.59 Å². The van der Waals surface area contributed by atoms with E-state index < -0.39 is 0 Å². The molecule has 1 amide bonds. The minimum absolute atomic E-state index is 0.102. The highest BCUT2D eigenvalue weighted by molar-refractivity contribution is 5.97. The fraction of sp³-hybridized carbons (Fsp3) is 0.320. The quantitative estimate of drug-likeness (QED) is 0.488. The number of carbonyl (C=O) groups excluding carboxylic acids is 1. The fourth-order valence-corrected chi connectivity index (χ4v) is 4.46. The van der Waals surface area contributed by atoms with Gasteiger partial charge in [-0.2, -0.15) is 0 Å². The highest BCUT2D eigenvalue weighted by Crippen LogP contribution is 2.35. The molecule has 6 nitrogen and oxygen atoms in total. The standard InChI is InChI=1S/C25H24N2O4/c1-15-17(6-7-24(28)27-14-16-8-10-26-11-9-16)25(29)31-22-13-23-20(12-19(15)22)18-4-2-3-5-21(18)30-23/h8-13H,2-7,14H2,1H3,(H,27,28). The van der Waals surface area contributed by atoms with E-state index in [1.165, 1.54) is 12.0 Å². The van der Waals surface area contributed by atoms with Gasteiger partial charge in [-0.15, -0.1) is 0 Å². The number of fused-ring (bicyclic) bond motifs is 4. The first kappa shape index (κ1) is 19.5. The molecular weight excluding hydrogens is 392 g/mol. The molecule has 0 atom stereocenters. The summed E-state index contributed by atoms with van der Waals surface area (Å²) in [6.07, 6.45) is 8.26. The number of pyridine rings is 1. The van der Waals surface area contributed by atoms with Gasteiger partial charge in [-0.3, -0.25) is 9.78 Å². The Morgan fingerprint density at radius 3 is 2.68 bits per heavy atom. The van der Waals surface area contributed by atoms with Crippen molar-refractivity contribution in [3.63, 3.8) is 0 Å². The lowest BCUT2D eigenvalue weighted by molar-refractivity contribution is -0.121. The van der Waals surface area contributed by atoms with Crippen molar-refractivity contribution >= 4 is 27.8 Å². The Kier molecular flexibility index (Phi) is 5.06. The molecule has 0 unspecified atom stereocenters. The Hall–Kier alpha value is -3.41. The molecule has 3 aromatic heterocycles. The zero-order valence-electron chi connectivity index (χ0n) is 17.5. The van der Waals surface area contributed by atoms with E-state index in [0.29, 0.717) is 24.1 Å². The summed E-state index contributed by atoms with van der Waals surface area (Å²) in [5, 5.41) is 4.91. The monoisotopic (exact) mass is 416 g/mol. The molecule has 0 saturated carbocycles. The van der Waals surface area contributed by atoms with E-state index in [1.54, 1.807) is 12.4 Å². The molecule has 0 spiro atoms. The summed E-state index contributed by atoms with van der Waals surface area (Å²) in [5.74, 6) is 0.956. The van der Waals surface area contributed by atoms with E-state index in [0.717, 1.165) is 52.5 Å². The first-order valence-corrected chi connectivity index (χ1v) is 10.8. The lowest BCUT2D eigenvalue weighted by Gasteiger charge is -2.10. The van der Waals surface area contributed by atoms with Gasteiger partial charge in [0.15, 0.2) is 0 Å². The maximum atomic E-state index is 12.6. The molecule has 31 heavy (non-hydrogen) atoms. The Morgan fingerprint density at radius 2 is 1.84 bits per heavy atom. The lowest BCUT2D eigenvalue weighted by atomic mass is 9.94. The van der Waals surface area contributed by atoms with Crippen LogP contribution in [0.3, 0.4) is 0 Å². The molecule has 5 rings (SSSR count). The van der Waals surface area contributed by atoms with Crippen molar-refractivity contribution in [3.8, 4) is 0 Å². The number of nitrogens with one attached hydrogen (secondary N) is 1. The molecule has 0 saturated heterocycles. The zero-order valence-corrected chi connectivity index (χ0v) is 17.5. The third kappa shape index (κ3) is 3.74. The molecule has 158 valence electrons. The summed E-state index contributed by atoms with van der Waals surface area (Å²) in [6, 6.07) is 7.64. The van der Waals surface area contributed by atoms with Crippen molar-refractivity contribution in [2.45, 2.75) is 52.0 Å². The molecule has 1 aromatic carbocycles. The number of amides is 1. The van der Waals surface area contributed by atoms with Gasteiger partial charge < -0.3 is 14.2 Å². The molecule has 6 heteroatoms. The summed E-state index contributed by atoms with van der Waals surface area (Å²) in [4.78, 5) is 28.9. The summed E-state index contributed by atoms with van der Waals surface area (Å²) in [6.45, 7) is 2.37. The van der Waals surface area contributed by atoms with Crippen molar-refractivity contribution < 1.29 is 13.6 Å². The van der Waals surface area contributed by atoms with Crippen molar-refractivity contribution in [2.24, 2.45) is 0 Å². The van der Waals surface area contributed by atoms with Crippen LogP contribution in [-0.2, 0) is 30.6 Å². The number of aryl methyl sites for hydroxylation is 3. The van der Waals surface area contributed by atoms with Crippen LogP contribution in [0.2, 0.25) is 0 Å². The molecule has 0 aliphatic heterocycles. The Morgan fingerprint density at radius 1 is 1.06 bits per heavy atom.